The van der Waals surface area contributed by atoms with Gasteiger partial charge >= 0.3 is 0 Å². The SMILES string of the molecule is C1=Cc2c(oc3cccc(-c4ccc(C5=NC(c6ccc7ccccc7c6)=NC(c6ccc7ccccc7c6)N5)c5ccccc45)c23)CN1. The fraction of sp³-hybridized carbons (Fsp3) is 0.0455. The number of nitrogens with zero attached hydrogens (tertiary/aromatic N) is 2. The van der Waals surface area contributed by atoms with Crippen molar-refractivity contribution in [2.45, 2.75) is 12.7 Å². The van der Waals surface area contributed by atoms with Gasteiger partial charge in [0, 0.05) is 22.1 Å². The number of furan rings is 1. The van der Waals surface area contributed by atoms with Gasteiger partial charge in [0.05, 0.1) is 6.54 Å². The van der Waals surface area contributed by atoms with Gasteiger partial charge in [0.25, 0.3) is 0 Å². The van der Waals surface area contributed by atoms with Crippen LogP contribution in [0.1, 0.15) is 34.2 Å². The largest absolute Gasteiger partial charge is 0.459 e. The summed E-state index contributed by atoms with van der Waals surface area (Å²) in [6, 6.07) is 49.3. The van der Waals surface area contributed by atoms with E-state index in [0.29, 0.717) is 12.4 Å². The van der Waals surface area contributed by atoms with Crippen LogP contribution in [0.15, 0.2) is 160 Å². The molecule has 2 aliphatic heterocycles. The van der Waals surface area contributed by atoms with Crippen molar-refractivity contribution in [2.24, 2.45) is 9.98 Å². The molecule has 232 valence electrons. The molecule has 2 N–H and O–H groups in total. The van der Waals surface area contributed by atoms with Gasteiger partial charge in [-0.3, -0.25) is 0 Å². The van der Waals surface area contributed by atoms with E-state index in [1.807, 2.05) is 6.20 Å². The van der Waals surface area contributed by atoms with Gasteiger partial charge in [-0.25, -0.2) is 9.98 Å². The van der Waals surface area contributed by atoms with E-state index in [0.717, 1.165) is 72.1 Å². The van der Waals surface area contributed by atoms with Crippen LogP contribution < -0.4 is 10.6 Å². The third-order valence-corrected chi connectivity index (χ3v) is 9.77. The summed E-state index contributed by atoms with van der Waals surface area (Å²) in [4.78, 5) is 10.5. The Morgan fingerprint density at radius 3 is 2.16 bits per heavy atom. The molecule has 0 aliphatic carbocycles. The molecule has 2 aliphatic rings. The third kappa shape index (κ3) is 4.62. The molecule has 8 aromatic rings. The molecule has 0 bridgehead atoms. The van der Waals surface area contributed by atoms with Crippen LogP contribution in [0.5, 0.6) is 0 Å². The standard InChI is InChI=1S/C44H30N4O/c1-3-10-29-24-31(18-16-27(29)8-1)42-46-43(32-19-17-28-9-2-4-11-30(28)25-32)48-44(47-42)37-21-20-35(33-12-5-6-13-34(33)37)36-14-7-15-39-41(36)38-22-23-45-26-40(38)49-39/h1-25,42,45H,26H2,(H,46,47,48). The summed E-state index contributed by atoms with van der Waals surface area (Å²) in [7, 11) is 0. The van der Waals surface area contributed by atoms with Gasteiger partial charge in [-0.2, -0.15) is 0 Å². The Morgan fingerprint density at radius 2 is 1.33 bits per heavy atom. The van der Waals surface area contributed by atoms with E-state index < -0.39 is 0 Å². The first-order chi connectivity index (χ1) is 24.3. The zero-order valence-electron chi connectivity index (χ0n) is 26.5. The molecule has 0 spiro atoms. The highest BCUT2D eigenvalue weighted by Crippen LogP contribution is 2.40. The fourth-order valence-electron chi connectivity index (χ4n) is 7.38. The summed E-state index contributed by atoms with van der Waals surface area (Å²) in [5.74, 6) is 2.47. The maximum absolute atomic E-state index is 6.29. The Hall–Kier alpha value is -6.46. The molecule has 1 unspecified atom stereocenters. The van der Waals surface area contributed by atoms with Crippen molar-refractivity contribution in [1.82, 2.24) is 10.6 Å². The van der Waals surface area contributed by atoms with Crippen molar-refractivity contribution in [2.75, 3.05) is 0 Å². The smallest absolute Gasteiger partial charge is 0.159 e. The Labute approximate surface area is 283 Å². The van der Waals surface area contributed by atoms with Gasteiger partial charge in [-0.1, -0.05) is 121 Å². The van der Waals surface area contributed by atoms with Crippen LogP contribution >= 0.6 is 0 Å². The van der Waals surface area contributed by atoms with E-state index in [9.17, 15) is 0 Å². The molecule has 1 aromatic heterocycles. The number of rotatable bonds is 4. The van der Waals surface area contributed by atoms with Gasteiger partial charge < -0.3 is 15.1 Å². The van der Waals surface area contributed by atoms with E-state index in [2.05, 4.69) is 156 Å². The van der Waals surface area contributed by atoms with Gasteiger partial charge in [0.2, 0.25) is 0 Å². The summed E-state index contributed by atoms with van der Waals surface area (Å²) in [5.41, 5.74) is 7.47. The molecule has 0 amide bonds. The van der Waals surface area contributed by atoms with Crippen molar-refractivity contribution >= 4 is 61.0 Å². The Kier molecular flexibility index (Phi) is 6.24. The second kappa shape index (κ2) is 11.1. The lowest BCUT2D eigenvalue weighted by Gasteiger charge is -2.25. The van der Waals surface area contributed by atoms with Gasteiger partial charge in [-0.05, 0) is 79.5 Å². The minimum absolute atomic E-state index is 0.316. The minimum atomic E-state index is -0.316. The molecule has 0 radical (unpaired) electrons. The van der Waals surface area contributed by atoms with Crippen LogP contribution in [0.2, 0.25) is 0 Å². The van der Waals surface area contributed by atoms with Crippen LogP contribution in [-0.2, 0) is 6.54 Å². The van der Waals surface area contributed by atoms with Crippen LogP contribution in [0, 0.1) is 0 Å². The normalized spacial score (nSPS) is 15.6. The fourth-order valence-corrected chi connectivity index (χ4v) is 7.38. The van der Waals surface area contributed by atoms with Crippen molar-refractivity contribution in [3.05, 3.63) is 174 Å². The summed E-state index contributed by atoms with van der Waals surface area (Å²) < 4.78 is 6.29. The third-order valence-electron chi connectivity index (χ3n) is 9.77. The minimum Gasteiger partial charge on any atom is -0.459 e. The summed E-state index contributed by atoms with van der Waals surface area (Å²) >= 11 is 0. The van der Waals surface area contributed by atoms with Gasteiger partial charge in [-0.15, -0.1) is 0 Å². The first kappa shape index (κ1) is 27.6. The van der Waals surface area contributed by atoms with E-state index >= 15 is 0 Å². The number of aliphatic imine (C=N–C) groups is 2. The second-order valence-electron chi connectivity index (χ2n) is 12.7. The molecular formula is C44H30N4O. The first-order valence-electron chi connectivity index (χ1n) is 16.6. The molecule has 1 atom stereocenters. The highest BCUT2D eigenvalue weighted by atomic mass is 16.3. The summed E-state index contributed by atoms with van der Waals surface area (Å²) in [6.45, 7) is 0.685. The quantitative estimate of drug-likeness (QED) is 0.203. The Bertz CT molecular complexity index is 2710. The van der Waals surface area contributed by atoms with Crippen molar-refractivity contribution in [1.29, 1.82) is 0 Å². The molecule has 3 heterocycles. The van der Waals surface area contributed by atoms with E-state index in [1.54, 1.807) is 0 Å². The van der Waals surface area contributed by atoms with E-state index in [1.165, 1.54) is 16.2 Å². The summed E-state index contributed by atoms with van der Waals surface area (Å²) in [6.07, 6.45) is 3.80. The molecule has 5 nitrogen and oxygen atoms in total. The lowest BCUT2D eigenvalue weighted by molar-refractivity contribution is 0.532. The molecule has 49 heavy (non-hydrogen) atoms. The molecule has 7 aromatic carbocycles. The maximum Gasteiger partial charge on any atom is 0.159 e. The zero-order valence-corrected chi connectivity index (χ0v) is 26.5. The average molecular weight is 631 g/mol. The lowest BCUT2D eigenvalue weighted by atomic mass is 9.91. The first-order valence-corrected chi connectivity index (χ1v) is 16.6. The Morgan fingerprint density at radius 1 is 0.612 bits per heavy atom. The van der Waals surface area contributed by atoms with Crippen LogP contribution in [0.4, 0.5) is 0 Å². The van der Waals surface area contributed by atoms with Crippen LogP contribution in [0.3, 0.4) is 0 Å². The molecule has 0 saturated carbocycles. The Balaban J connectivity index is 1.15. The number of fused-ring (bicyclic) bond motifs is 6. The number of hydrogen-bond acceptors (Lipinski definition) is 5. The average Bonchev–Trinajstić information content (AvgIpc) is 3.56. The van der Waals surface area contributed by atoms with Crippen molar-refractivity contribution < 1.29 is 4.42 Å². The molecule has 10 rings (SSSR count). The predicted molar refractivity (Wildman–Crippen MR) is 202 cm³/mol. The monoisotopic (exact) mass is 630 g/mol. The molecule has 5 heteroatoms. The summed E-state index contributed by atoms with van der Waals surface area (Å²) in [5, 5.41) is 15.2. The van der Waals surface area contributed by atoms with Crippen LogP contribution in [0.25, 0.3) is 60.5 Å². The van der Waals surface area contributed by atoms with Gasteiger partial charge in [0.1, 0.15) is 23.3 Å². The molecule has 0 saturated heterocycles. The zero-order chi connectivity index (χ0) is 32.3. The van der Waals surface area contributed by atoms with Gasteiger partial charge in [0.15, 0.2) is 5.84 Å². The number of nitrogens with one attached hydrogen (secondary N) is 2. The van der Waals surface area contributed by atoms with Crippen LogP contribution in [-0.4, -0.2) is 11.7 Å². The van der Waals surface area contributed by atoms with E-state index in [-0.39, 0.29) is 6.17 Å². The number of hydrogen-bond donors (Lipinski definition) is 2. The second-order valence-corrected chi connectivity index (χ2v) is 12.7. The highest BCUT2D eigenvalue weighted by molar-refractivity contribution is 6.20. The van der Waals surface area contributed by atoms with E-state index in [4.69, 9.17) is 14.4 Å². The number of benzene rings is 7. The van der Waals surface area contributed by atoms with Crippen molar-refractivity contribution in [3.8, 4) is 11.1 Å². The number of amidine groups is 2. The molecule has 0 fully saturated rings. The van der Waals surface area contributed by atoms with Crippen molar-refractivity contribution in [3.63, 3.8) is 0 Å². The predicted octanol–water partition coefficient (Wildman–Crippen LogP) is 10.1. The highest BCUT2D eigenvalue weighted by Gasteiger charge is 2.24. The topological polar surface area (TPSA) is 61.9 Å². The molecular weight excluding hydrogens is 601 g/mol. The lowest BCUT2D eigenvalue weighted by Crippen LogP contribution is -2.33. The maximum atomic E-state index is 6.29.